The van der Waals surface area contributed by atoms with E-state index in [1.165, 1.54) is 5.56 Å². The summed E-state index contributed by atoms with van der Waals surface area (Å²) in [5.41, 5.74) is 1.60. The molecular formula is C21H22N4O. The molecule has 5 nitrogen and oxygen atoms in total. The van der Waals surface area contributed by atoms with Gasteiger partial charge in [0, 0.05) is 32.4 Å². The lowest BCUT2D eigenvalue weighted by Crippen LogP contribution is -2.37. The van der Waals surface area contributed by atoms with Crippen LogP contribution in [0.4, 0.5) is 5.82 Å². The lowest BCUT2D eigenvalue weighted by Gasteiger charge is -2.24. The Kier molecular flexibility index (Phi) is 4.34. The van der Waals surface area contributed by atoms with Gasteiger partial charge in [-0.25, -0.2) is 4.98 Å². The first-order chi connectivity index (χ1) is 12.7. The molecule has 1 unspecified atom stereocenters. The van der Waals surface area contributed by atoms with Crippen molar-refractivity contribution in [1.29, 1.82) is 5.26 Å². The molecule has 2 fully saturated rings. The van der Waals surface area contributed by atoms with Crippen LogP contribution < -0.4 is 4.90 Å². The zero-order chi connectivity index (χ0) is 18.0. The molecule has 2 aromatic rings. The molecule has 2 aliphatic heterocycles. The number of carbonyl (C=O) groups excluding carboxylic acids is 1. The first kappa shape index (κ1) is 16.6. The van der Waals surface area contributed by atoms with E-state index in [0.717, 1.165) is 44.7 Å². The van der Waals surface area contributed by atoms with E-state index in [9.17, 15) is 4.79 Å². The maximum Gasteiger partial charge on any atom is 0.230 e. The van der Waals surface area contributed by atoms with Crippen molar-refractivity contribution >= 4 is 11.7 Å². The van der Waals surface area contributed by atoms with Gasteiger partial charge < -0.3 is 9.80 Å². The third-order valence-electron chi connectivity index (χ3n) is 5.67. The molecular weight excluding hydrogens is 324 g/mol. The number of hydrogen-bond donors (Lipinski definition) is 0. The Labute approximate surface area is 153 Å². The molecule has 1 spiro atoms. The Hall–Kier alpha value is -2.87. The standard InChI is InChI=1S/C21H22N4O/c22-15-18-6-10-23-19(14-18)25-13-9-21(16-25)8-12-24(20(21)26)11-7-17-4-2-1-3-5-17/h1-6,10,14H,7-9,11-13,16H2. The van der Waals surface area contributed by atoms with E-state index in [1.54, 1.807) is 12.3 Å². The fourth-order valence-electron chi connectivity index (χ4n) is 4.12. The van der Waals surface area contributed by atoms with E-state index < -0.39 is 0 Å². The smallest absolute Gasteiger partial charge is 0.230 e. The molecule has 4 rings (SSSR count). The SMILES string of the molecule is N#Cc1ccnc(N2CCC3(CCN(CCc4ccccc4)C3=O)C2)c1. The minimum atomic E-state index is -0.277. The Bertz CT molecular complexity index is 845. The quantitative estimate of drug-likeness (QED) is 0.854. The van der Waals surface area contributed by atoms with Crippen LogP contribution in [0.15, 0.2) is 48.7 Å². The number of likely N-dealkylation sites (tertiary alicyclic amines) is 1. The van der Waals surface area contributed by atoms with Crippen LogP contribution in [0.2, 0.25) is 0 Å². The molecule has 132 valence electrons. The van der Waals surface area contributed by atoms with E-state index in [4.69, 9.17) is 5.26 Å². The number of anilines is 1. The molecule has 1 aromatic carbocycles. The zero-order valence-corrected chi connectivity index (χ0v) is 14.8. The third kappa shape index (κ3) is 3.03. The number of nitrogens with zero attached hydrogens (tertiary/aromatic N) is 4. The normalized spacial score (nSPS) is 22.2. The molecule has 1 amide bonds. The number of benzene rings is 1. The van der Waals surface area contributed by atoms with Crippen molar-refractivity contribution in [2.75, 3.05) is 31.1 Å². The highest BCUT2D eigenvalue weighted by molar-refractivity contribution is 5.86. The highest BCUT2D eigenvalue weighted by atomic mass is 16.2. The molecule has 26 heavy (non-hydrogen) atoms. The van der Waals surface area contributed by atoms with Crippen LogP contribution >= 0.6 is 0 Å². The summed E-state index contributed by atoms with van der Waals surface area (Å²) in [4.78, 5) is 21.6. The Morgan fingerprint density at radius 3 is 2.77 bits per heavy atom. The summed E-state index contributed by atoms with van der Waals surface area (Å²) in [6.07, 6.45) is 4.35. The molecule has 1 aromatic heterocycles. The van der Waals surface area contributed by atoms with Crippen LogP contribution in [-0.2, 0) is 11.2 Å². The van der Waals surface area contributed by atoms with Crippen molar-refractivity contribution in [3.63, 3.8) is 0 Å². The number of aromatic nitrogens is 1. The highest BCUT2D eigenvalue weighted by Crippen LogP contribution is 2.41. The predicted molar refractivity (Wildman–Crippen MR) is 99.6 cm³/mol. The van der Waals surface area contributed by atoms with Crippen molar-refractivity contribution in [2.45, 2.75) is 19.3 Å². The first-order valence-corrected chi connectivity index (χ1v) is 9.15. The summed E-state index contributed by atoms with van der Waals surface area (Å²) in [6.45, 7) is 3.15. The second-order valence-corrected chi connectivity index (χ2v) is 7.24. The lowest BCUT2D eigenvalue weighted by molar-refractivity contribution is -0.135. The zero-order valence-electron chi connectivity index (χ0n) is 14.8. The largest absolute Gasteiger partial charge is 0.355 e. The van der Waals surface area contributed by atoms with Crippen molar-refractivity contribution in [3.05, 3.63) is 59.8 Å². The van der Waals surface area contributed by atoms with Crippen molar-refractivity contribution in [1.82, 2.24) is 9.88 Å². The highest BCUT2D eigenvalue weighted by Gasteiger charge is 2.50. The molecule has 5 heteroatoms. The topological polar surface area (TPSA) is 60.2 Å². The second kappa shape index (κ2) is 6.80. The van der Waals surface area contributed by atoms with Crippen LogP contribution in [0, 0.1) is 16.7 Å². The third-order valence-corrected chi connectivity index (χ3v) is 5.67. The van der Waals surface area contributed by atoms with Gasteiger partial charge in [0.2, 0.25) is 5.91 Å². The molecule has 1 atom stereocenters. The summed E-state index contributed by atoms with van der Waals surface area (Å²) >= 11 is 0. The van der Waals surface area contributed by atoms with Crippen LogP contribution in [0.3, 0.4) is 0 Å². The van der Waals surface area contributed by atoms with Gasteiger partial charge in [0.25, 0.3) is 0 Å². The van der Waals surface area contributed by atoms with Gasteiger partial charge in [0.1, 0.15) is 5.82 Å². The maximum absolute atomic E-state index is 13.1. The predicted octanol–water partition coefficient (Wildman–Crippen LogP) is 2.62. The van der Waals surface area contributed by atoms with Crippen LogP contribution in [-0.4, -0.2) is 42.0 Å². The Morgan fingerprint density at radius 2 is 1.96 bits per heavy atom. The lowest BCUT2D eigenvalue weighted by atomic mass is 9.85. The van der Waals surface area contributed by atoms with Gasteiger partial charge in [0.05, 0.1) is 17.0 Å². The summed E-state index contributed by atoms with van der Waals surface area (Å²) < 4.78 is 0. The van der Waals surface area contributed by atoms with Gasteiger partial charge in [0.15, 0.2) is 0 Å². The van der Waals surface area contributed by atoms with Crippen LogP contribution in [0.1, 0.15) is 24.0 Å². The second-order valence-electron chi connectivity index (χ2n) is 7.24. The van der Waals surface area contributed by atoms with Crippen molar-refractivity contribution in [2.24, 2.45) is 5.41 Å². The minimum Gasteiger partial charge on any atom is -0.355 e. The summed E-state index contributed by atoms with van der Waals surface area (Å²) in [5.74, 6) is 1.09. The molecule has 0 aliphatic carbocycles. The van der Waals surface area contributed by atoms with E-state index >= 15 is 0 Å². The van der Waals surface area contributed by atoms with Gasteiger partial charge in [-0.2, -0.15) is 5.26 Å². The molecule has 2 aliphatic rings. The molecule has 2 saturated heterocycles. The fraction of sp³-hybridized carbons (Fsp3) is 0.381. The van der Waals surface area contributed by atoms with Gasteiger partial charge in [-0.1, -0.05) is 30.3 Å². The first-order valence-electron chi connectivity index (χ1n) is 9.15. The summed E-state index contributed by atoms with van der Waals surface area (Å²) in [7, 11) is 0. The van der Waals surface area contributed by atoms with Crippen LogP contribution in [0.25, 0.3) is 0 Å². The van der Waals surface area contributed by atoms with Crippen molar-refractivity contribution < 1.29 is 4.79 Å². The monoisotopic (exact) mass is 346 g/mol. The van der Waals surface area contributed by atoms with Gasteiger partial charge in [-0.15, -0.1) is 0 Å². The number of amides is 1. The van der Waals surface area contributed by atoms with E-state index in [0.29, 0.717) is 12.1 Å². The van der Waals surface area contributed by atoms with Gasteiger partial charge in [-0.3, -0.25) is 4.79 Å². The minimum absolute atomic E-state index is 0.277. The Balaban J connectivity index is 1.42. The average molecular weight is 346 g/mol. The van der Waals surface area contributed by atoms with Crippen molar-refractivity contribution in [3.8, 4) is 6.07 Å². The summed E-state index contributed by atoms with van der Waals surface area (Å²) in [5, 5.41) is 9.08. The molecule has 0 radical (unpaired) electrons. The van der Waals surface area contributed by atoms with Gasteiger partial charge in [-0.05, 0) is 37.0 Å². The molecule has 0 saturated carbocycles. The molecule has 0 bridgehead atoms. The van der Waals surface area contributed by atoms with Gasteiger partial charge >= 0.3 is 0 Å². The van der Waals surface area contributed by atoms with E-state index in [-0.39, 0.29) is 11.3 Å². The fourth-order valence-corrected chi connectivity index (χ4v) is 4.12. The number of carbonyl (C=O) groups is 1. The maximum atomic E-state index is 13.1. The van der Waals surface area contributed by atoms with E-state index in [2.05, 4.69) is 28.1 Å². The molecule has 3 heterocycles. The number of nitriles is 1. The summed E-state index contributed by atoms with van der Waals surface area (Å²) in [6, 6.07) is 16.0. The molecule has 0 N–H and O–H groups in total. The Morgan fingerprint density at radius 1 is 1.15 bits per heavy atom. The number of hydrogen-bond acceptors (Lipinski definition) is 4. The average Bonchev–Trinajstić information content (AvgIpc) is 3.26. The van der Waals surface area contributed by atoms with E-state index in [1.807, 2.05) is 29.2 Å². The number of rotatable bonds is 4. The number of pyridine rings is 1. The van der Waals surface area contributed by atoms with Crippen LogP contribution in [0.5, 0.6) is 0 Å².